The Labute approximate surface area is 123 Å². The number of tetrazole rings is 1. The Kier molecular flexibility index (Phi) is 4.48. The molecule has 2 rings (SSSR count). The van der Waals surface area contributed by atoms with Gasteiger partial charge < -0.3 is 5.11 Å². The second-order valence-corrected chi connectivity index (χ2v) is 5.06. The average molecular weight is 309 g/mol. The predicted molar refractivity (Wildman–Crippen MR) is 72.8 cm³/mol. The second-order valence-electron chi connectivity index (χ2n) is 4.12. The van der Waals surface area contributed by atoms with Crippen molar-refractivity contribution in [1.29, 1.82) is 0 Å². The summed E-state index contributed by atoms with van der Waals surface area (Å²) in [5.74, 6) is -0.635. The first-order valence-corrected chi connectivity index (χ1v) is 6.81. The third-order valence-electron chi connectivity index (χ3n) is 2.75. The first-order chi connectivity index (χ1) is 9.99. The first-order valence-electron chi connectivity index (χ1n) is 5.82. The standard InChI is InChI=1S/C11H11N5O4S/c1-7-8(3-2-4-9(7)16(19)20)6-21-11-12-13-14-15(11)5-10(17)18/h2-4H,5-6H2,1H3,(H,17,18). The molecule has 0 aliphatic rings. The van der Waals surface area contributed by atoms with Crippen molar-refractivity contribution < 1.29 is 14.8 Å². The molecule has 0 atom stereocenters. The van der Waals surface area contributed by atoms with Crippen LogP contribution in [0.15, 0.2) is 23.4 Å². The summed E-state index contributed by atoms with van der Waals surface area (Å²) < 4.78 is 1.17. The number of carbonyl (C=O) groups is 1. The van der Waals surface area contributed by atoms with Crippen LogP contribution in [0.5, 0.6) is 0 Å². The van der Waals surface area contributed by atoms with Gasteiger partial charge in [0.05, 0.1) is 4.92 Å². The van der Waals surface area contributed by atoms with Crippen molar-refractivity contribution in [2.75, 3.05) is 0 Å². The highest BCUT2D eigenvalue weighted by atomic mass is 32.2. The van der Waals surface area contributed by atoms with Gasteiger partial charge in [-0.05, 0) is 22.9 Å². The number of nitro benzene ring substituents is 1. The molecule has 9 nitrogen and oxygen atoms in total. The molecule has 1 aromatic heterocycles. The lowest BCUT2D eigenvalue weighted by molar-refractivity contribution is -0.385. The monoisotopic (exact) mass is 309 g/mol. The fourth-order valence-corrected chi connectivity index (χ4v) is 2.64. The molecule has 2 aromatic rings. The molecular weight excluding hydrogens is 298 g/mol. The number of aliphatic carboxylic acids is 1. The molecule has 0 aliphatic carbocycles. The lowest BCUT2D eigenvalue weighted by Gasteiger charge is -2.05. The van der Waals surface area contributed by atoms with Gasteiger partial charge >= 0.3 is 5.97 Å². The fraction of sp³-hybridized carbons (Fsp3) is 0.273. The Morgan fingerprint density at radius 3 is 2.95 bits per heavy atom. The van der Waals surface area contributed by atoms with Crippen LogP contribution in [-0.4, -0.2) is 36.2 Å². The predicted octanol–water partition coefficient (Wildman–Crippen LogP) is 1.27. The van der Waals surface area contributed by atoms with Crippen molar-refractivity contribution in [3.63, 3.8) is 0 Å². The minimum absolute atomic E-state index is 0.0539. The topological polar surface area (TPSA) is 124 Å². The summed E-state index contributed by atoms with van der Waals surface area (Å²) >= 11 is 1.22. The first kappa shape index (κ1) is 14.9. The number of benzene rings is 1. The summed E-state index contributed by atoms with van der Waals surface area (Å²) in [7, 11) is 0. The van der Waals surface area contributed by atoms with Gasteiger partial charge in [0.15, 0.2) is 0 Å². The molecule has 21 heavy (non-hydrogen) atoms. The van der Waals surface area contributed by atoms with Gasteiger partial charge in [-0.25, -0.2) is 4.68 Å². The Morgan fingerprint density at radius 2 is 2.29 bits per heavy atom. The fourth-order valence-electron chi connectivity index (χ4n) is 1.69. The van der Waals surface area contributed by atoms with Crippen molar-refractivity contribution in [1.82, 2.24) is 20.2 Å². The van der Waals surface area contributed by atoms with Crippen LogP contribution in [0.2, 0.25) is 0 Å². The molecule has 1 N–H and O–H groups in total. The van der Waals surface area contributed by atoms with E-state index >= 15 is 0 Å². The maximum absolute atomic E-state index is 10.9. The number of carboxylic acid groups (broad SMARTS) is 1. The number of hydrogen-bond acceptors (Lipinski definition) is 7. The van der Waals surface area contributed by atoms with Crippen LogP contribution < -0.4 is 0 Å². The number of rotatable bonds is 6. The maximum atomic E-state index is 10.9. The smallest absolute Gasteiger partial charge is 0.325 e. The molecule has 0 unspecified atom stereocenters. The zero-order valence-electron chi connectivity index (χ0n) is 11.0. The molecule has 10 heteroatoms. The highest BCUT2D eigenvalue weighted by molar-refractivity contribution is 7.98. The van der Waals surface area contributed by atoms with E-state index in [9.17, 15) is 14.9 Å². The number of nitro groups is 1. The number of carboxylic acids is 1. The Balaban J connectivity index is 2.14. The Morgan fingerprint density at radius 1 is 1.52 bits per heavy atom. The minimum atomic E-state index is -1.05. The third kappa shape index (κ3) is 3.54. The molecule has 0 bridgehead atoms. The minimum Gasteiger partial charge on any atom is -0.480 e. The molecule has 110 valence electrons. The van der Waals surface area contributed by atoms with Crippen molar-refractivity contribution in [2.24, 2.45) is 0 Å². The van der Waals surface area contributed by atoms with Crippen molar-refractivity contribution >= 4 is 23.4 Å². The molecule has 0 amide bonds. The van der Waals surface area contributed by atoms with Gasteiger partial charge in [-0.15, -0.1) is 5.10 Å². The molecule has 0 fully saturated rings. The SMILES string of the molecule is Cc1c(CSc2nnnn2CC(=O)O)cccc1[N+](=O)[O-]. The van der Waals surface area contributed by atoms with E-state index in [4.69, 9.17) is 5.11 Å². The molecule has 1 heterocycles. The number of nitrogens with zero attached hydrogens (tertiary/aromatic N) is 5. The highest BCUT2D eigenvalue weighted by Crippen LogP contribution is 2.26. The Hall–Kier alpha value is -2.49. The summed E-state index contributed by atoms with van der Waals surface area (Å²) in [6, 6.07) is 4.83. The average Bonchev–Trinajstić information content (AvgIpc) is 2.83. The van der Waals surface area contributed by atoms with Gasteiger partial charge in [0.25, 0.3) is 5.69 Å². The van der Waals surface area contributed by atoms with Crippen molar-refractivity contribution in [2.45, 2.75) is 24.4 Å². The summed E-state index contributed by atoms with van der Waals surface area (Å²) in [6.07, 6.45) is 0. The van der Waals surface area contributed by atoms with E-state index in [2.05, 4.69) is 15.5 Å². The third-order valence-corrected chi connectivity index (χ3v) is 3.76. The van der Waals surface area contributed by atoms with Gasteiger partial charge in [0, 0.05) is 17.4 Å². The summed E-state index contributed by atoms with van der Waals surface area (Å²) in [5, 5.41) is 30.7. The molecule has 0 saturated carbocycles. The van der Waals surface area contributed by atoms with E-state index in [1.54, 1.807) is 19.1 Å². The van der Waals surface area contributed by atoms with Gasteiger partial charge in [-0.1, -0.05) is 23.9 Å². The number of aromatic nitrogens is 4. The van der Waals surface area contributed by atoms with Gasteiger partial charge in [-0.3, -0.25) is 14.9 Å². The summed E-state index contributed by atoms with van der Waals surface area (Å²) in [5.41, 5.74) is 1.41. The van der Waals surface area contributed by atoms with Crippen molar-refractivity contribution in [3.8, 4) is 0 Å². The van der Waals surface area contributed by atoms with Crippen LogP contribution in [0, 0.1) is 17.0 Å². The largest absolute Gasteiger partial charge is 0.480 e. The second kappa shape index (κ2) is 6.31. The molecule has 0 radical (unpaired) electrons. The van der Waals surface area contributed by atoms with Gasteiger partial charge in [0.1, 0.15) is 6.54 Å². The van der Waals surface area contributed by atoms with Gasteiger partial charge in [0.2, 0.25) is 5.16 Å². The molecule has 0 spiro atoms. The van der Waals surface area contributed by atoms with Crippen molar-refractivity contribution in [3.05, 3.63) is 39.4 Å². The highest BCUT2D eigenvalue weighted by Gasteiger charge is 2.15. The number of thioether (sulfide) groups is 1. The van der Waals surface area contributed by atoms with Crippen LogP contribution in [0.3, 0.4) is 0 Å². The van der Waals surface area contributed by atoms with Crippen LogP contribution in [0.1, 0.15) is 11.1 Å². The van der Waals surface area contributed by atoms with Crippen LogP contribution >= 0.6 is 11.8 Å². The molecule has 0 aliphatic heterocycles. The zero-order chi connectivity index (χ0) is 15.4. The quantitative estimate of drug-likeness (QED) is 0.480. The number of hydrogen-bond donors (Lipinski definition) is 1. The normalized spacial score (nSPS) is 10.5. The van der Waals surface area contributed by atoms with Gasteiger partial charge in [-0.2, -0.15) is 0 Å². The maximum Gasteiger partial charge on any atom is 0.325 e. The van der Waals surface area contributed by atoms with Crippen LogP contribution in [0.4, 0.5) is 5.69 Å². The molecule has 0 saturated heterocycles. The van der Waals surface area contributed by atoms with E-state index in [0.29, 0.717) is 16.5 Å². The van der Waals surface area contributed by atoms with E-state index in [1.165, 1.54) is 22.5 Å². The Bertz CT molecular complexity index is 687. The summed E-state index contributed by atoms with van der Waals surface area (Å²) in [4.78, 5) is 21.1. The van der Waals surface area contributed by atoms with E-state index in [-0.39, 0.29) is 12.2 Å². The molecular formula is C11H11N5O4S. The lowest BCUT2D eigenvalue weighted by Crippen LogP contribution is -2.11. The van der Waals surface area contributed by atoms with E-state index in [0.717, 1.165) is 5.56 Å². The van der Waals surface area contributed by atoms with Crippen LogP contribution in [0.25, 0.3) is 0 Å². The zero-order valence-corrected chi connectivity index (χ0v) is 11.8. The van der Waals surface area contributed by atoms with Crippen LogP contribution in [-0.2, 0) is 17.1 Å². The van der Waals surface area contributed by atoms with E-state index < -0.39 is 10.9 Å². The lowest BCUT2D eigenvalue weighted by atomic mass is 10.1. The van der Waals surface area contributed by atoms with E-state index in [1.807, 2.05) is 0 Å². The molecule has 1 aromatic carbocycles. The summed E-state index contributed by atoms with van der Waals surface area (Å²) in [6.45, 7) is 1.34.